The van der Waals surface area contributed by atoms with Crippen molar-refractivity contribution in [3.63, 3.8) is 0 Å². The Morgan fingerprint density at radius 3 is 0.776 bits per heavy atom. The molecule has 360 valence electrons. The van der Waals surface area contributed by atoms with Gasteiger partial charge in [-0.15, -0.1) is 0 Å². The molecule has 0 aromatic heterocycles. The summed E-state index contributed by atoms with van der Waals surface area (Å²) in [5, 5.41) is 24.2. The van der Waals surface area contributed by atoms with Gasteiger partial charge in [0.05, 0.1) is 0 Å². The van der Waals surface area contributed by atoms with Crippen molar-refractivity contribution in [2.75, 3.05) is 0 Å². The third-order valence-electron chi connectivity index (χ3n) is 12.8. The first kappa shape index (κ1) is 51.9. The summed E-state index contributed by atoms with van der Waals surface area (Å²) in [6.45, 7) is 26.5. The zero-order valence-electron chi connectivity index (χ0n) is 41.7. The SMILES string of the molecule is CC(C)(C)c1cc(CC(C)(Cc2cc(C(C)(C)C)c(O)c(C(C)(C)C)c2)C(OP(O)(O)(c2ccccc2)c2ccccc2)OP(O)(O)(c2ccccc2)c2ccccc2)cc(C(C)(C)C)c1O. The number of hydrogen-bond donors (Lipinski definition) is 6. The van der Waals surface area contributed by atoms with E-state index in [1.807, 2.05) is 114 Å². The van der Waals surface area contributed by atoms with Crippen LogP contribution in [0.15, 0.2) is 146 Å². The van der Waals surface area contributed by atoms with E-state index in [1.165, 1.54) is 0 Å². The fourth-order valence-corrected chi connectivity index (χ4v) is 14.3. The molecule has 6 N–H and O–H groups in total. The molecule has 0 spiro atoms. The molecule has 0 unspecified atom stereocenters. The predicted molar refractivity (Wildman–Crippen MR) is 280 cm³/mol. The molecule has 0 bridgehead atoms. The Morgan fingerprint density at radius 1 is 0.373 bits per heavy atom. The minimum atomic E-state index is -5.86. The van der Waals surface area contributed by atoms with Gasteiger partial charge in [-0.1, -0.05) is 0 Å². The van der Waals surface area contributed by atoms with Crippen molar-refractivity contribution >= 4 is 35.8 Å². The van der Waals surface area contributed by atoms with Crippen LogP contribution in [0.2, 0.25) is 0 Å². The molecule has 0 aliphatic rings. The molecule has 0 amide bonds. The first-order valence-electron chi connectivity index (χ1n) is 23.1. The van der Waals surface area contributed by atoms with Crippen LogP contribution in [0, 0.1) is 5.41 Å². The second-order valence-corrected chi connectivity index (χ2v) is 29.1. The molecule has 0 fully saturated rings. The normalized spacial score (nSPS) is 15.0. The van der Waals surface area contributed by atoms with Gasteiger partial charge >= 0.3 is 401 Å². The van der Waals surface area contributed by atoms with Crippen molar-refractivity contribution in [1.82, 2.24) is 0 Å². The van der Waals surface area contributed by atoms with Crippen molar-refractivity contribution in [3.8, 4) is 11.5 Å². The Kier molecular flexibility index (Phi) is 13.8. The summed E-state index contributed by atoms with van der Waals surface area (Å²) in [6.07, 6.45) is -1.58. The second kappa shape index (κ2) is 17.8. The summed E-state index contributed by atoms with van der Waals surface area (Å²) in [7, 11) is -11.7. The Labute approximate surface area is 399 Å². The van der Waals surface area contributed by atoms with Crippen LogP contribution in [0.3, 0.4) is 0 Å². The Balaban J connectivity index is 1.78. The van der Waals surface area contributed by atoms with Gasteiger partial charge in [0.15, 0.2) is 0 Å². The van der Waals surface area contributed by atoms with Gasteiger partial charge in [-0.05, 0) is 0 Å². The first-order valence-corrected chi connectivity index (χ1v) is 27.3. The fraction of sp³-hybridized carbons (Fsp3) is 0.368. The predicted octanol–water partition coefficient (Wildman–Crippen LogP) is 11.3. The van der Waals surface area contributed by atoms with Gasteiger partial charge in [0.25, 0.3) is 0 Å². The summed E-state index contributed by atoms with van der Waals surface area (Å²) in [4.78, 5) is 54.2. The topological polar surface area (TPSA) is 140 Å². The molecule has 0 aliphatic heterocycles. The summed E-state index contributed by atoms with van der Waals surface area (Å²) in [5.41, 5.74) is 1.07. The van der Waals surface area contributed by atoms with Crippen molar-refractivity contribution in [2.24, 2.45) is 5.41 Å². The van der Waals surface area contributed by atoms with Crippen LogP contribution in [0.4, 0.5) is 0 Å². The van der Waals surface area contributed by atoms with E-state index in [1.54, 1.807) is 121 Å². The number of rotatable bonds is 13. The van der Waals surface area contributed by atoms with Gasteiger partial charge in [0, 0.05) is 0 Å². The zero-order valence-corrected chi connectivity index (χ0v) is 43.5. The van der Waals surface area contributed by atoms with Gasteiger partial charge in [-0.2, -0.15) is 0 Å². The van der Waals surface area contributed by atoms with Gasteiger partial charge in [0.2, 0.25) is 0 Å². The van der Waals surface area contributed by atoms with Crippen LogP contribution in [0.1, 0.15) is 123 Å². The summed E-state index contributed by atoms with van der Waals surface area (Å²) in [5.74, 6) is 0.399. The van der Waals surface area contributed by atoms with Crippen LogP contribution >= 0.6 is 14.6 Å². The van der Waals surface area contributed by atoms with Crippen LogP contribution in [-0.2, 0) is 43.5 Å². The molecule has 0 aliphatic carbocycles. The van der Waals surface area contributed by atoms with Crippen LogP contribution in [-0.4, -0.2) is 36.1 Å². The molecule has 6 rings (SSSR count). The van der Waals surface area contributed by atoms with E-state index in [-0.39, 0.29) is 45.6 Å². The van der Waals surface area contributed by atoms with E-state index in [2.05, 4.69) is 0 Å². The van der Waals surface area contributed by atoms with Gasteiger partial charge < -0.3 is 0 Å². The molecule has 0 radical (unpaired) electrons. The molecular formula is C57H74O8P2. The first-order chi connectivity index (χ1) is 30.8. The number of phenols is 2. The molecule has 0 heterocycles. The number of benzene rings is 6. The number of aromatic hydroxyl groups is 2. The number of hydrogen-bond acceptors (Lipinski definition) is 8. The monoisotopic (exact) mass is 948 g/mol. The molecule has 67 heavy (non-hydrogen) atoms. The van der Waals surface area contributed by atoms with Crippen molar-refractivity contribution in [2.45, 2.75) is 131 Å². The van der Waals surface area contributed by atoms with Crippen LogP contribution < -0.4 is 21.2 Å². The van der Waals surface area contributed by atoms with E-state index in [0.717, 1.165) is 33.4 Å². The molecule has 6 aromatic rings. The van der Waals surface area contributed by atoms with Crippen LogP contribution in [0.25, 0.3) is 0 Å². The molecule has 8 nitrogen and oxygen atoms in total. The maximum atomic E-state index is 13.6. The molecular weight excluding hydrogens is 875 g/mol. The van der Waals surface area contributed by atoms with Gasteiger partial charge in [0.1, 0.15) is 0 Å². The van der Waals surface area contributed by atoms with E-state index in [9.17, 15) is 29.8 Å². The molecule has 6 aromatic carbocycles. The van der Waals surface area contributed by atoms with Gasteiger partial charge in [-0.3, -0.25) is 0 Å². The van der Waals surface area contributed by atoms with Crippen molar-refractivity contribution in [3.05, 3.63) is 179 Å². The fourth-order valence-electron chi connectivity index (χ4n) is 9.01. The molecule has 0 atom stereocenters. The molecule has 10 heteroatoms. The van der Waals surface area contributed by atoms with Crippen molar-refractivity contribution in [1.29, 1.82) is 0 Å². The average Bonchev–Trinajstić information content (AvgIpc) is 3.24. The summed E-state index contributed by atoms with van der Waals surface area (Å²) in [6, 6.07) is 41.4. The van der Waals surface area contributed by atoms with Gasteiger partial charge in [-0.25, -0.2) is 0 Å². The summed E-state index contributed by atoms with van der Waals surface area (Å²) < 4.78 is 14.4. The average molecular weight is 949 g/mol. The van der Waals surface area contributed by atoms with E-state index in [4.69, 9.17) is 9.05 Å². The third kappa shape index (κ3) is 10.6. The Hall–Kier alpha value is -4.46. The number of phenolic OH excluding ortho intramolecular Hbond substituents is 2. The quantitative estimate of drug-likeness (QED) is 0.0497. The molecule has 0 saturated heterocycles. The zero-order chi connectivity index (χ0) is 49.7. The van der Waals surface area contributed by atoms with E-state index >= 15 is 0 Å². The maximum absolute atomic E-state index is 13.6. The Bertz CT molecular complexity index is 2330. The summed E-state index contributed by atoms with van der Waals surface area (Å²) >= 11 is 0. The van der Waals surface area contributed by atoms with E-state index < -0.39 is 47.9 Å². The van der Waals surface area contributed by atoms with Crippen LogP contribution in [0.5, 0.6) is 11.5 Å². The van der Waals surface area contributed by atoms with E-state index in [0.29, 0.717) is 0 Å². The standard InChI is InChI=1S/C57H74O8P2/c1-53(2,3)46-34-40(35-47(50(46)58)54(4,5)6)38-57(13,39-41-36-48(55(7,8)9)51(59)49(37-41)56(10,11)12)52(64-66(60,61,42-26-18-14-19-27-42)43-28-20-15-21-29-43)65-67(62,63,44-30-22-16-23-31-44)45-32-24-17-25-33-45/h14-37,52,58-63H,38-39H2,1-13H3. The minimum absolute atomic E-state index is 0.0793. The van der Waals surface area contributed by atoms with Crippen molar-refractivity contribution < 1.29 is 38.8 Å². The Morgan fingerprint density at radius 2 is 0.582 bits per heavy atom. The second-order valence-electron chi connectivity index (χ2n) is 22.9. The molecule has 0 saturated carbocycles. The third-order valence-corrected chi connectivity index (χ3v) is 18.9.